The van der Waals surface area contributed by atoms with Crippen molar-refractivity contribution in [1.29, 1.82) is 0 Å². The van der Waals surface area contributed by atoms with Crippen LogP contribution in [0.15, 0.2) is 206 Å². The topological polar surface area (TPSA) is 8.17 Å². The molecular weight excluding hydrogens is 617 g/mol. The largest absolute Gasteiger partial charge is 0.311 e. The molecule has 0 atom stereocenters. The minimum absolute atomic E-state index is 0. The molecule has 0 N–H and O–H groups in total. The van der Waals surface area contributed by atoms with Crippen LogP contribution in [0.3, 0.4) is 0 Å². The van der Waals surface area contributed by atoms with Crippen molar-refractivity contribution in [3.8, 4) is 39.1 Å². The second kappa shape index (κ2) is 13.7. The van der Waals surface area contributed by atoms with E-state index < -0.39 is 0 Å². The molecule has 0 unspecified atom stereocenters. The van der Waals surface area contributed by atoms with Crippen LogP contribution < -0.4 is 4.90 Å². The molecule has 8 aromatic carbocycles. The van der Waals surface area contributed by atoms with Gasteiger partial charge in [0.1, 0.15) is 0 Å². The summed E-state index contributed by atoms with van der Waals surface area (Å²) in [6.07, 6.45) is 0. The van der Waals surface area contributed by atoms with Gasteiger partial charge in [-0.2, -0.15) is 0 Å². The predicted molar refractivity (Wildman–Crippen MR) is 219 cm³/mol. The Morgan fingerprint density at radius 2 is 0.784 bits per heavy atom. The van der Waals surface area contributed by atoms with E-state index in [1.807, 2.05) is 48.5 Å². The van der Waals surface area contributed by atoms with Gasteiger partial charge in [-0.25, -0.2) is 0 Å². The maximum absolute atomic E-state index is 9.20. The second-order valence-corrected chi connectivity index (χ2v) is 12.4. The van der Waals surface area contributed by atoms with Gasteiger partial charge < -0.3 is 9.47 Å². The molecule has 51 heavy (non-hydrogen) atoms. The summed E-state index contributed by atoms with van der Waals surface area (Å²) in [5, 5.41) is 1.85. The molecule has 1 heterocycles. The fraction of sp³-hybridized carbons (Fsp3) is 0.0204. The van der Waals surface area contributed by atoms with Crippen LogP contribution in [0.25, 0.3) is 60.9 Å². The molecule has 0 aliphatic carbocycles. The summed E-state index contributed by atoms with van der Waals surface area (Å²) in [6, 6.07) is 64.9. The molecule has 0 bridgehead atoms. The Labute approximate surface area is 304 Å². The Morgan fingerprint density at radius 3 is 1.29 bits per heavy atom. The SMILES string of the molecule is C.[2H]c1cc2c3cc(-c4ccc(N(c5ccc(-c6ccccc6)cc5)c5ccc(-c6ccccc6)cc5)cc4)c([2H])cc3n(-c3ccccc3)c2cc1[2H]. The number of benzene rings is 8. The fourth-order valence-corrected chi connectivity index (χ4v) is 6.92. The van der Waals surface area contributed by atoms with Gasteiger partial charge in [-0.15, -0.1) is 0 Å². The quantitative estimate of drug-likeness (QED) is 0.166. The molecule has 0 aliphatic heterocycles. The Kier molecular flexibility index (Phi) is 7.58. The molecule has 0 aliphatic rings. The molecule has 0 saturated heterocycles. The molecule has 0 amide bonds. The van der Waals surface area contributed by atoms with E-state index in [-0.39, 0.29) is 19.5 Å². The van der Waals surface area contributed by atoms with Crippen molar-refractivity contribution in [1.82, 2.24) is 4.57 Å². The number of hydrogen-bond donors (Lipinski definition) is 0. The van der Waals surface area contributed by atoms with Crippen LogP contribution in [0.5, 0.6) is 0 Å². The van der Waals surface area contributed by atoms with E-state index in [1.54, 1.807) is 12.1 Å². The second-order valence-electron chi connectivity index (χ2n) is 12.4. The first-order valence-electron chi connectivity index (χ1n) is 18.3. The highest BCUT2D eigenvalue weighted by Crippen LogP contribution is 2.39. The fourth-order valence-electron chi connectivity index (χ4n) is 6.92. The Balaban J connectivity index is 0.00000413. The van der Waals surface area contributed by atoms with Gasteiger partial charge >= 0.3 is 0 Å². The zero-order valence-electron chi connectivity index (χ0n) is 30.3. The molecule has 1 aromatic heterocycles. The first kappa shape index (κ1) is 28.2. The lowest BCUT2D eigenvalue weighted by atomic mass is 10.0. The number of para-hydroxylation sites is 2. The average Bonchev–Trinajstić information content (AvgIpc) is 3.51. The van der Waals surface area contributed by atoms with E-state index in [0.717, 1.165) is 66.8 Å². The van der Waals surface area contributed by atoms with Gasteiger partial charge in [0.2, 0.25) is 0 Å². The van der Waals surface area contributed by atoms with Crippen molar-refractivity contribution >= 4 is 38.9 Å². The van der Waals surface area contributed by atoms with Crippen LogP contribution in [0.4, 0.5) is 17.1 Å². The number of fused-ring (bicyclic) bond motifs is 3. The highest BCUT2D eigenvalue weighted by Gasteiger charge is 2.16. The zero-order valence-corrected chi connectivity index (χ0v) is 27.3. The third kappa shape index (κ3) is 5.98. The molecule has 2 heteroatoms. The van der Waals surface area contributed by atoms with Gasteiger partial charge in [0.25, 0.3) is 0 Å². The van der Waals surface area contributed by atoms with Gasteiger partial charge in [0.05, 0.1) is 15.1 Å². The molecule has 9 aromatic rings. The smallest absolute Gasteiger partial charge is 0.0630 e. The van der Waals surface area contributed by atoms with Gasteiger partial charge in [0.15, 0.2) is 0 Å². The van der Waals surface area contributed by atoms with Crippen molar-refractivity contribution in [2.75, 3.05) is 4.90 Å². The van der Waals surface area contributed by atoms with E-state index in [0.29, 0.717) is 6.04 Å². The molecule has 9 rings (SSSR count). The van der Waals surface area contributed by atoms with E-state index in [9.17, 15) is 1.37 Å². The summed E-state index contributed by atoms with van der Waals surface area (Å²) in [7, 11) is 0. The molecule has 2 nitrogen and oxygen atoms in total. The van der Waals surface area contributed by atoms with Crippen LogP contribution in [0.1, 0.15) is 11.5 Å². The number of hydrogen-bond acceptors (Lipinski definition) is 1. The molecule has 0 spiro atoms. The van der Waals surface area contributed by atoms with Crippen LogP contribution in [0, 0.1) is 0 Å². The normalized spacial score (nSPS) is 11.8. The summed E-state index contributed by atoms with van der Waals surface area (Å²) in [5.41, 5.74) is 12.2. The molecule has 0 radical (unpaired) electrons. The summed E-state index contributed by atoms with van der Waals surface area (Å²) >= 11 is 0. The lowest BCUT2D eigenvalue weighted by Gasteiger charge is -2.26. The van der Waals surface area contributed by atoms with Crippen molar-refractivity contribution < 1.29 is 4.11 Å². The van der Waals surface area contributed by atoms with Crippen molar-refractivity contribution in [3.05, 3.63) is 206 Å². The van der Waals surface area contributed by atoms with Crippen LogP contribution in [-0.4, -0.2) is 4.57 Å². The molecular formula is C49H38N2. The van der Waals surface area contributed by atoms with Crippen molar-refractivity contribution in [2.24, 2.45) is 0 Å². The molecule has 0 saturated carbocycles. The first-order chi connectivity index (χ1) is 26.0. The van der Waals surface area contributed by atoms with Crippen LogP contribution in [-0.2, 0) is 0 Å². The Hall–Kier alpha value is -6.64. The van der Waals surface area contributed by atoms with E-state index >= 15 is 0 Å². The standard InChI is InChI=1S/C48H34N2.CH4/c1-4-12-35(13-5-1)37-20-27-42(28-21-37)49(43-29-22-38(23-30-43)36-14-6-2-7-15-36)44-31-24-39(25-32-44)40-26-33-48-46(34-40)45-18-10-11-19-47(45)50(48)41-16-8-3-9-17-41;/h1-34H;1H4/i10D,11D,26D;. The molecule has 244 valence electrons. The lowest BCUT2D eigenvalue weighted by molar-refractivity contribution is 1.18. The monoisotopic (exact) mass is 657 g/mol. The van der Waals surface area contributed by atoms with E-state index in [4.69, 9.17) is 2.74 Å². The number of anilines is 3. The Morgan fingerprint density at radius 1 is 0.373 bits per heavy atom. The summed E-state index contributed by atoms with van der Waals surface area (Å²) < 4.78 is 28.1. The summed E-state index contributed by atoms with van der Waals surface area (Å²) in [4.78, 5) is 2.26. The minimum Gasteiger partial charge on any atom is -0.311 e. The Bertz CT molecular complexity index is 2620. The van der Waals surface area contributed by atoms with Crippen molar-refractivity contribution in [2.45, 2.75) is 7.43 Å². The third-order valence-corrected chi connectivity index (χ3v) is 9.40. The maximum atomic E-state index is 9.20. The third-order valence-electron chi connectivity index (χ3n) is 9.40. The summed E-state index contributed by atoms with van der Waals surface area (Å²) in [5.74, 6) is 0. The van der Waals surface area contributed by atoms with Gasteiger partial charge in [-0.05, 0) is 100 Å². The van der Waals surface area contributed by atoms with Gasteiger partial charge in [-0.3, -0.25) is 0 Å². The maximum Gasteiger partial charge on any atom is 0.0630 e. The lowest BCUT2D eigenvalue weighted by Crippen LogP contribution is -2.09. The van der Waals surface area contributed by atoms with Gasteiger partial charge in [-0.1, -0.05) is 147 Å². The zero-order chi connectivity index (χ0) is 35.9. The summed E-state index contributed by atoms with van der Waals surface area (Å²) in [6.45, 7) is 0. The first-order valence-corrected chi connectivity index (χ1v) is 16.8. The minimum atomic E-state index is 0. The van der Waals surface area contributed by atoms with Crippen LogP contribution in [0.2, 0.25) is 0 Å². The van der Waals surface area contributed by atoms with Crippen molar-refractivity contribution in [3.63, 3.8) is 0 Å². The van der Waals surface area contributed by atoms with E-state index in [2.05, 4.69) is 137 Å². The number of rotatable bonds is 7. The highest BCUT2D eigenvalue weighted by molar-refractivity contribution is 6.10. The van der Waals surface area contributed by atoms with E-state index in [1.165, 1.54) is 11.1 Å². The predicted octanol–water partition coefficient (Wildman–Crippen LogP) is 13.9. The highest BCUT2D eigenvalue weighted by atomic mass is 15.1. The van der Waals surface area contributed by atoms with Gasteiger partial charge in [0, 0.05) is 33.5 Å². The molecule has 0 fully saturated rings. The average molecular weight is 658 g/mol. The van der Waals surface area contributed by atoms with Crippen LogP contribution >= 0.6 is 0 Å². The number of nitrogens with zero attached hydrogens (tertiary/aromatic N) is 2. The number of aromatic nitrogens is 1.